The van der Waals surface area contributed by atoms with Crippen LogP contribution in [0.5, 0.6) is 11.5 Å². The first-order valence-electron chi connectivity index (χ1n) is 8.76. The minimum atomic E-state index is -0.555. The molecule has 1 aliphatic carbocycles. The van der Waals surface area contributed by atoms with Gasteiger partial charge in [0.1, 0.15) is 13.2 Å². The number of hydrogen-bond donors (Lipinski definition) is 1. The standard InChI is InChI=1S/C20H22N2O4/c1-11-8-13-15(9-20(2,3)10-16(13)23)22(11)14-5-4-12(19(21)24)17-18(14)26-7-6-25-17/h4-5,8H,6-7,9-10H2,1-3H3,(H2,21,24). The van der Waals surface area contributed by atoms with Crippen LogP contribution >= 0.6 is 0 Å². The summed E-state index contributed by atoms with van der Waals surface area (Å²) in [4.78, 5) is 24.3. The van der Waals surface area contributed by atoms with Crippen LogP contribution in [0.2, 0.25) is 0 Å². The molecule has 1 aliphatic heterocycles. The Kier molecular flexibility index (Phi) is 3.61. The van der Waals surface area contributed by atoms with Crippen LogP contribution in [-0.2, 0) is 6.42 Å². The van der Waals surface area contributed by atoms with E-state index >= 15 is 0 Å². The summed E-state index contributed by atoms with van der Waals surface area (Å²) in [6, 6.07) is 5.41. The number of Topliss-reactive ketones (excluding diaryl/α,β-unsaturated/α-hetero) is 1. The molecule has 0 radical (unpaired) electrons. The Morgan fingerprint density at radius 3 is 2.54 bits per heavy atom. The minimum absolute atomic E-state index is 0.1000. The van der Waals surface area contributed by atoms with Crippen molar-refractivity contribution in [2.75, 3.05) is 13.2 Å². The van der Waals surface area contributed by atoms with Crippen molar-refractivity contribution in [3.8, 4) is 17.2 Å². The van der Waals surface area contributed by atoms with Gasteiger partial charge >= 0.3 is 0 Å². The van der Waals surface area contributed by atoms with E-state index in [9.17, 15) is 9.59 Å². The van der Waals surface area contributed by atoms with Crippen molar-refractivity contribution in [2.45, 2.75) is 33.6 Å². The molecule has 0 fully saturated rings. The Hall–Kier alpha value is -2.76. The van der Waals surface area contributed by atoms with Gasteiger partial charge in [0.25, 0.3) is 5.91 Å². The number of primary amides is 1. The smallest absolute Gasteiger partial charge is 0.252 e. The Labute approximate surface area is 151 Å². The highest BCUT2D eigenvalue weighted by molar-refractivity contribution is 6.00. The number of amides is 1. The van der Waals surface area contributed by atoms with Crippen molar-refractivity contribution in [1.29, 1.82) is 0 Å². The van der Waals surface area contributed by atoms with E-state index in [1.165, 1.54) is 0 Å². The highest BCUT2D eigenvalue weighted by Gasteiger charge is 2.35. The van der Waals surface area contributed by atoms with E-state index in [-0.39, 0.29) is 11.2 Å². The lowest BCUT2D eigenvalue weighted by Gasteiger charge is -2.31. The first-order chi connectivity index (χ1) is 12.3. The van der Waals surface area contributed by atoms with E-state index in [0.29, 0.717) is 36.7 Å². The number of ketones is 1. The zero-order valence-electron chi connectivity index (χ0n) is 15.2. The second-order valence-corrected chi connectivity index (χ2v) is 7.77. The average molecular weight is 354 g/mol. The average Bonchev–Trinajstić information content (AvgIpc) is 2.89. The Morgan fingerprint density at radius 2 is 1.85 bits per heavy atom. The molecule has 2 aromatic rings. The first kappa shape index (κ1) is 16.7. The lowest BCUT2D eigenvalue weighted by atomic mass is 9.76. The summed E-state index contributed by atoms with van der Waals surface area (Å²) in [6.45, 7) is 6.94. The summed E-state index contributed by atoms with van der Waals surface area (Å²) in [6.07, 6.45) is 1.33. The van der Waals surface area contributed by atoms with Crippen molar-refractivity contribution < 1.29 is 19.1 Å². The molecule has 1 aromatic carbocycles. The monoisotopic (exact) mass is 354 g/mol. The molecule has 1 amide bonds. The molecule has 6 heteroatoms. The van der Waals surface area contributed by atoms with Gasteiger partial charge < -0.3 is 19.8 Å². The number of carbonyl (C=O) groups excluding carboxylic acids is 2. The molecule has 0 saturated heterocycles. The second kappa shape index (κ2) is 5.62. The molecule has 0 atom stereocenters. The minimum Gasteiger partial charge on any atom is -0.485 e. The Morgan fingerprint density at radius 1 is 1.15 bits per heavy atom. The number of nitrogens with zero attached hydrogens (tertiary/aromatic N) is 1. The number of nitrogens with two attached hydrogens (primary N) is 1. The summed E-state index contributed by atoms with van der Waals surface area (Å²) in [5.41, 5.74) is 9.15. The molecule has 0 bridgehead atoms. The van der Waals surface area contributed by atoms with E-state index in [1.807, 2.05) is 23.6 Å². The van der Waals surface area contributed by atoms with Crippen LogP contribution in [0.15, 0.2) is 18.2 Å². The lowest BCUT2D eigenvalue weighted by Crippen LogP contribution is -2.28. The number of aromatic nitrogens is 1. The van der Waals surface area contributed by atoms with Crippen molar-refractivity contribution in [3.05, 3.63) is 40.7 Å². The van der Waals surface area contributed by atoms with Crippen LogP contribution in [0.3, 0.4) is 0 Å². The van der Waals surface area contributed by atoms with Gasteiger partial charge in [0, 0.05) is 23.4 Å². The van der Waals surface area contributed by atoms with Crippen LogP contribution in [-0.4, -0.2) is 29.5 Å². The van der Waals surface area contributed by atoms with Gasteiger partial charge in [0.2, 0.25) is 0 Å². The van der Waals surface area contributed by atoms with Crippen molar-refractivity contribution in [1.82, 2.24) is 4.57 Å². The molecule has 2 aliphatic rings. The first-order valence-corrected chi connectivity index (χ1v) is 8.76. The number of fused-ring (bicyclic) bond motifs is 2. The van der Waals surface area contributed by atoms with Gasteiger partial charge in [-0.1, -0.05) is 13.8 Å². The Balaban J connectivity index is 1.96. The maximum atomic E-state index is 12.6. The molecule has 0 spiro atoms. The third-order valence-corrected chi connectivity index (χ3v) is 5.05. The van der Waals surface area contributed by atoms with E-state index in [0.717, 1.165) is 29.1 Å². The van der Waals surface area contributed by atoms with Crippen molar-refractivity contribution in [3.63, 3.8) is 0 Å². The molecular weight excluding hydrogens is 332 g/mol. The van der Waals surface area contributed by atoms with Gasteiger partial charge in [0.05, 0.1) is 11.3 Å². The maximum absolute atomic E-state index is 12.6. The van der Waals surface area contributed by atoms with Gasteiger partial charge in [-0.15, -0.1) is 0 Å². The maximum Gasteiger partial charge on any atom is 0.252 e. The summed E-state index contributed by atoms with van der Waals surface area (Å²) < 4.78 is 13.6. The molecular formula is C20H22N2O4. The number of hydrogen-bond acceptors (Lipinski definition) is 4. The zero-order chi connectivity index (χ0) is 18.6. The fraction of sp³-hybridized carbons (Fsp3) is 0.400. The molecule has 2 heterocycles. The summed E-state index contributed by atoms with van der Waals surface area (Å²) >= 11 is 0. The number of carbonyl (C=O) groups is 2. The predicted octanol–water partition coefficient (Wildman–Crippen LogP) is 2.81. The van der Waals surface area contributed by atoms with Crippen molar-refractivity contribution in [2.24, 2.45) is 11.1 Å². The topological polar surface area (TPSA) is 83.6 Å². The second-order valence-electron chi connectivity index (χ2n) is 7.77. The van der Waals surface area contributed by atoms with Gasteiger partial charge in [-0.3, -0.25) is 9.59 Å². The highest BCUT2D eigenvalue weighted by atomic mass is 16.6. The number of benzene rings is 1. The molecule has 4 rings (SSSR count). The fourth-order valence-electron chi connectivity index (χ4n) is 3.98. The van der Waals surface area contributed by atoms with E-state index in [4.69, 9.17) is 15.2 Å². The quantitative estimate of drug-likeness (QED) is 0.899. The fourth-order valence-corrected chi connectivity index (χ4v) is 3.98. The summed E-state index contributed by atoms with van der Waals surface area (Å²) in [5, 5.41) is 0. The van der Waals surface area contributed by atoms with Gasteiger partial charge in [-0.2, -0.15) is 0 Å². The highest BCUT2D eigenvalue weighted by Crippen LogP contribution is 2.43. The predicted molar refractivity (Wildman–Crippen MR) is 96.4 cm³/mol. The van der Waals surface area contributed by atoms with Crippen LogP contribution in [0, 0.1) is 12.3 Å². The molecule has 0 saturated carbocycles. The number of rotatable bonds is 2. The van der Waals surface area contributed by atoms with Gasteiger partial charge in [-0.05, 0) is 37.0 Å². The van der Waals surface area contributed by atoms with Crippen molar-refractivity contribution >= 4 is 11.7 Å². The van der Waals surface area contributed by atoms with Crippen LogP contribution in [0.1, 0.15) is 52.4 Å². The van der Waals surface area contributed by atoms with E-state index < -0.39 is 5.91 Å². The molecule has 2 N–H and O–H groups in total. The third-order valence-electron chi connectivity index (χ3n) is 5.05. The summed E-state index contributed by atoms with van der Waals surface area (Å²) in [5.74, 6) is 0.494. The zero-order valence-corrected chi connectivity index (χ0v) is 15.2. The van der Waals surface area contributed by atoms with E-state index in [1.54, 1.807) is 6.07 Å². The lowest BCUT2D eigenvalue weighted by molar-refractivity contribution is 0.0910. The molecule has 26 heavy (non-hydrogen) atoms. The summed E-state index contributed by atoms with van der Waals surface area (Å²) in [7, 11) is 0. The number of ether oxygens (including phenoxy) is 2. The normalized spacial score (nSPS) is 17.7. The molecule has 1 aromatic heterocycles. The Bertz CT molecular complexity index is 940. The SMILES string of the molecule is Cc1cc2c(n1-c1ccc(C(N)=O)c3c1OCCO3)CC(C)(C)CC2=O. The molecule has 136 valence electrons. The van der Waals surface area contributed by atoms with Gasteiger partial charge in [0.15, 0.2) is 17.3 Å². The number of aryl methyl sites for hydroxylation is 1. The van der Waals surface area contributed by atoms with Crippen LogP contribution in [0.4, 0.5) is 0 Å². The van der Waals surface area contributed by atoms with E-state index in [2.05, 4.69) is 13.8 Å². The largest absolute Gasteiger partial charge is 0.485 e. The third kappa shape index (κ3) is 2.48. The molecule has 6 nitrogen and oxygen atoms in total. The van der Waals surface area contributed by atoms with Crippen LogP contribution < -0.4 is 15.2 Å². The van der Waals surface area contributed by atoms with Gasteiger partial charge in [-0.25, -0.2) is 0 Å². The van der Waals surface area contributed by atoms with Crippen LogP contribution in [0.25, 0.3) is 5.69 Å². The molecule has 0 unspecified atom stereocenters.